The van der Waals surface area contributed by atoms with Crippen molar-refractivity contribution in [3.8, 4) is 17.6 Å². The van der Waals surface area contributed by atoms with Gasteiger partial charge in [-0.3, -0.25) is 0 Å². The minimum absolute atomic E-state index is 0.155. The Morgan fingerprint density at radius 2 is 1.39 bits per heavy atom. The van der Waals surface area contributed by atoms with Crippen molar-refractivity contribution in [2.75, 3.05) is 41.2 Å². The normalized spacial score (nSPS) is 19.0. The van der Waals surface area contributed by atoms with Gasteiger partial charge in [0.2, 0.25) is 0 Å². The van der Waals surface area contributed by atoms with Crippen molar-refractivity contribution in [3.63, 3.8) is 0 Å². The lowest BCUT2D eigenvalue weighted by Gasteiger charge is -2.39. The molecule has 0 saturated carbocycles. The molecule has 0 spiro atoms. The Morgan fingerprint density at radius 3 is 1.87 bits per heavy atom. The van der Waals surface area contributed by atoms with E-state index < -0.39 is 26.3 Å². The van der Waals surface area contributed by atoms with E-state index in [1.54, 1.807) is 21.3 Å². The molecule has 0 amide bonds. The molecule has 0 N–H and O–H groups in total. The van der Waals surface area contributed by atoms with Crippen LogP contribution in [0.4, 0.5) is 0 Å². The van der Waals surface area contributed by atoms with Crippen molar-refractivity contribution in [2.45, 2.75) is 70.1 Å². The van der Waals surface area contributed by atoms with Crippen LogP contribution in [-0.2, 0) is 28.9 Å². The number of methoxy groups -OCH3 is 3. The molecule has 9 nitrogen and oxygen atoms in total. The van der Waals surface area contributed by atoms with Gasteiger partial charge in [-0.05, 0) is 68.7 Å². The maximum absolute atomic E-state index is 9.18. The van der Waals surface area contributed by atoms with Gasteiger partial charge in [-0.2, -0.15) is 5.26 Å². The first-order valence-electron chi connectivity index (χ1n) is 15.7. The van der Waals surface area contributed by atoms with E-state index in [1.165, 1.54) is 0 Å². The molecule has 0 aliphatic carbocycles. The van der Waals surface area contributed by atoms with Crippen molar-refractivity contribution in [1.82, 2.24) is 4.67 Å². The molecule has 1 heterocycles. The van der Waals surface area contributed by atoms with Crippen LogP contribution < -0.4 is 9.47 Å². The minimum Gasteiger partial charge on any atom is -0.497 e. The monoisotopic (exact) mass is 650 g/mol. The van der Waals surface area contributed by atoms with Gasteiger partial charge >= 0.3 is 0 Å². The van der Waals surface area contributed by atoms with E-state index in [0.717, 1.165) is 28.2 Å². The van der Waals surface area contributed by atoms with E-state index in [0.29, 0.717) is 6.61 Å². The van der Waals surface area contributed by atoms with E-state index in [2.05, 4.69) is 50.6 Å². The molecule has 248 valence electrons. The summed E-state index contributed by atoms with van der Waals surface area (Å²) < 4.78 is 45.6. The summed E-state index contributed by atoms with van der Waals surface area (Å²) in [6.07, 6.45) is -0.988. The smallest absolute Gasteiger partial charge is 0.259 e. The highest BCUT2D eigenvalue weighted by atomic mass is 31.2. The van der Waals surface area contributed by atoms with Crippen molar-refractivity contribution in [1.29, 1.82) is 5.26 Å². The molecule has 0 bridgehead atoms. The zero-order valence-electron chi connectivity index (χ0n) is 27.9. The van der Waals surface area contributed by atoms with Crippen molar-refractivity contribution >= 4 is 8.53 Å². The first kappa shape index (κ1) is 35.8. The second-order valence-corrected chi connectivity index (χ2v) is 13.0. The summed E-state index contributed by atoms with van der Waals surface area (Å²) in [4.78, 5) is 0. The van der Waals surface area contributed by atoms with E-state index >= 15 is 0 Å². The van der Waals surface area contributed by atoms with Gasteiger partial charge in [0.1, 0.15) is 35.4 Å². The maximum Gasteiger partial charge on any atom is 0.259 e. The van der Waals surface area contributed by atoms with Crippen LogP contribution in [0.25, 0.3) is 0 Å². The number of nitrogens with zero attached hydrogens (tertiary/aromatic N) is 2. The standard InChI is InChI=1S/C36H47N2O7P/c1-26(2)38(27(3)4)46(44-23-11-22-37)45-35-33(41-7)24-42-34(35)25-43-36(28-12-9-8-10-13-28,29-14-18-31(39-5)19-15-29)30-16-20-32(40-6)21-17-30/h8-10,12-21,26-27,33-35H,11,23-25H2,1-7H3/t33?,34-,35?,46?/m1/s1. The predicted octanol–water partition coefficient (Wildman–Crippen LogP) is 7.09. The average Bonchev–Trinajstić information content (AvgIpc) is 3.46. The van der Waals surface area contributed by atoms with Gasteiger partial charge in [0, 0.05) is 19.2 Å². The van der Waals surface area contributed by atoms with E-state index in [4.69, 9.17) is 32.7 Å². The molecule has 1 fully saturated rings. The third-order valence-electron chi connectivity index (χ3n) is 8.02. The van der Waals surface area contributed by atoms with Gasteiger partial charge in [-0.25, -0.2) is 4.67 Å². The molecule has 1 aliphatic heterocycles. The Balaban J connectivity index is 1.74. The molecule has 0 radical (unpaired) electrons. The maximum atomic E-state index is 9.18. The second kappa shape index (κ2) is 17.2. The molecule has 3 aromatic rings. The van der Waals surface area contributed by atoms with Crippen LogP contribution in [0.5, 0.6) is 11.5 Å². The second-order valence-electron chi connectivity index (χ2n) is 11.6. The van der Waals surface area contributed by atoms with Gasteiger partial charge < -0.3 is 32.7 Å². The number of ether oxygens (including phenoxy) is 5. The van der Waals surface area contributed by atoms with Crippen LogP contribution in [0, 0.1) is 11.3 Å². The first-order chi connectivity index (χ1) is 22.3. The third kappa shape index (κ3) is 8.26. The van der Waals surface area contributed by atoms with E-state index in [9.17, 15) is 5.26 Å². The number of nitriles is 1. The fraction of sp³-hybridized carbons (Fsp3) is 0.472. The summed E-state index contributed by atoms with van der Waals surface area (Å²) in [6.45, 7) is 9.28. The zero-order chi connectivity index (χ0) is 33.1. The van der Waals surface area contributed by atoms with Gasteiger partial charge in [-0.1, -0.05) is 54.6 Å². The van der Waals surface area contributed by atoms with Gasteiger partial charge in [0.15, 0.2) is 0 Å². The summed E-state index contributed by atoms with van der Waals surface area (Å²) in [5.41, 5.74) is 1.80. The Labute approximate surface area is 275 Å². The summed E-state index contributed by atoms with van der Waals surface area (Å²) >= 11 is 0. The minimum atomic E-state index is -1.53. The summed E-state index contributed by atoms with van der Waals surface area (Å²) in [6, 6.07) is 28.5. The number of hydrogen-bond acceptors (Lipinski definition) is 9. The lowest BCUT2D eigenvalue weighted by atomic mass is 9.80. The van der Waals surface area contributed by atoms with Crippen LogP contribution >= 0.6 is 8.53 Å². The number of rotatable bonds is 17. The Morgan fingerprint density at radius 1 is 0.848 bits per heavy atom. The van der Waals surface area contributed by atoms with Crippen molar-refractivity contribution in [2.24, 2.45) is 0 Å². The van der Waals surface area contributed by atoms with Crippen LogP contribution in [-0.4, -0.2) is 76.2 Å². The highest BCUT2D eigenvalue weighted by Crippen LogP contribution is 2.49. The summed E-state index contributed by atoms with van der Waals surface area (Å²) in [5.74, 6) is 1.50. The molecule has 4 atom stereocenters. The van der Waals surface area contributed by atoms with Crippen LogP contribution in [0.15, 0.2) is 78.9 Å². The quantitative estimate of drug-likeness (QED) is 0.0863. The van der Waals surface area contributed by atoms with Gasteiger partial charge in [0.05, 0.1) is 46.5 Å². The number of benzene rings is 3. The molecule has 46 heavy (non-hydrogen) atoms. The molecule has 4 rings (SSSR count). The van der Waals surface area contributed by atoms with Gasteiger partial charge in [0.25, 0.3) is 8.53 Å². The fourth-order valence-electron chi connectivity index (χ4n) is 5.81. The zero-order valence-corrected chi connectivity index (χ0v) is 28.8. The molecule has 1 saturated heterocycles. The van der Waals surface area contributed by atoms with Crippen molar-refractivity contribution in [3.05, 3.63) is 95.6 Å². The average molecular weight is 651 g/mol. The topological polar surface area (TPSA) is 91.6 Å². The summed E-state index contributed by atoms with van der Waals surface area (Å²) in [7, 11) is 3.45. The fourth-order valence-corrected chi connectivity index (χ4v) is 7.59. The molecule has 0 aromatic heterocycles. The lowest BCUT2D eigenvalue weighted by Crippen LogP contribution is -2.42. The van der Waals surface area contributed by atoms with E-state index in [-0.39, 0.29) is 37.8 Å². The van der Waals surface area contributed by atoms with Crippen LogP contribution in [0.2, 0.25) is 0 Å². The first-order valence-corrected chi connectivity index (χ1v) is 16.8. The molecule has 3 unspecified atom stereocenters. The Bertz CT molecular complexity index is 1310. The highest BCUT2D eigenvalue weighted by Gasteiger charge is 2.45. The third-order valence-corrected chi connectivity index (χ3v) is 10.2. The van der Waals surface area contributed by atoms with E-state index in [1.807, 2.05) is 66.7 Å². The Hall–Kier alpha value is -3.06. The molecule has 3 aromatic carbocycles. The summed E-state index contributed by atoms with van der Waals surface area (Å²) in [5, 5.41) is 9.18. The van der Waals surface area contributed by atoms with Crippen LogP contribution in [0.3, 0.4) is 0 Å². The highest BCUT2D eigenvalue weighted by molar-refractivity contribution is 7.44. The van der Waals surface area contributed by atoms with Gasteiger partial charge in [-0.15, -0.1) is 0 Å². The molecule has 1 aliphatic rings. The molecular weight excluding hydrogens is 603 g/mol. The van der Waals surface area contributed by atoms with Crippen LogP contribution in [0.1, 0.15) is 50.8 Å². The lowest BCUT2D eigenvalue weighted by molar-refractivity contribution is -0.0704. The largest absolute Gasteiger partial charge is 0.497 e. The number of hydrogen-bond donors (Lipinski definition) is 0. The van der Waals surface area contributed by atoms with Crippen molar-refractivity contribution < 1.29 is 32.7 Å². The predicted molar refractivity (Wildman–Crippen MR) is 179 cm³/mol. The molecular formula is C36H47N2O7P. The Kier molecular flexibility index (Phi) is 13.4. The molecule has 10 heteroatoms. The SMILES string of the molecule is COc1ccc(C(OC[C@H]2OCC(OC)C2OP(OCCC#N)N(C(C)C)C(C)C)(c2ccccc2)c2ccc(OC)cc2)cc1.